The Morgan fingerprint density at radius 2 is 2.19 bits per heavy atom. The van der Waals surface area contributed by atoms with Crippen LogP contribution in [0.2, 0.25) is 0 Å². The summed E-state index contributed by atoms with van der Waals surface area (Å²) in [6, 6.07) is 5.64. The second-order valence-corrected chi connectivity index (χ2v) is 5.26. The standard InChI is InChI=1S/C12H17BrFNS/c1-9(8-16-3)15(2)12-6-4-5-11(14)10(12)7-13/h4-6,9H,7-8H2,1-3H3. The Hall–Kier alpha value is -0.220. The van der Waals surface area contributed by atoms with Crippen LogP contribution in [-0.4, -0.2) is 25.1 Å². The van der Waals surface area contributed by atoms with Gasteiger partial charge in [0, 0.05) is 35.4 Å². The topological polar surface area (TPSA) is 3.24 Å². The third-order valence-corrected chi connectivity index (χ3v) is 4.05. The molecule has 1 rings (SSSR count). The summed E-state index contributed by atoms with van der Waals surface area (Å²) in [6.45, 7) is 2.15. The van der Waals surface area contributed by atoms with E-state index in [1.54, 1.807) is 17.8 Å². The number of rotatable bonds is 5. The molecular weight excluding hydrogens is 289 g/mol. The minimum absolute atomic E-state index is 0.141. The molecule has 0 heterocycles. The fourth-order valence-electron chi connectivity index (χ4n) is 1.60. The molecule has 0 N–H and O–H groups in total. The lowest BCUT2D eigenvalue weighted by atomic mass is 10.1. The first-order valence-corrected chi connectivity index (χ1v) is 7.68. The zero-order valence-corrected chi connectivity index (χ0v) is 12.2. The molecule has 0 aliphatic carbocycles. The molecule has 90 valence electrons. The molecule has 0 saturated carbocycles. The smallest absolute Gasteiger partial charge is 0.129 e. The summed E-state index contributed by atoms with van der Waals surface area (Å²) in [5.74, 6) is 0.895. The van der Waals surface area contributed by atoms with Gasteiger partial charge in [-0.15, -0.1) is 0 Å². The van der Waals surface area contributed by atoms with E-state index in [4.69, 9.17) is 0 Å². The number of nitrogens with zero attached hydrogens (tertiary/aromatic N) is 1. The summed E-state index contributed by atoms with van der Waals surface area (Å²) in [7, 11) is 2.02. The van der Waals surface area contributed by atoms with E-state index < -0.39 is 0 Å². The summed E-state index contributed by atoms with van der Waals surface area (Å²) in [5, 5.41) is 0.547. The van der Waals surface area contributed by atoms with Gasteiger partial charge >= 0.3 is 0 Å². The van der Waals surface area contributed by atoms with Crippen molar-refractivity contribution in [1.82, 2.24) is 0 Å². The number of halogens is 2. The quantitative estimate of drug-likeness (QED) is 0.759. The minimum atomic E-state index is -0.141. The molecule has 0 radical (unpaired) electrons. The number of alkyl halides is 1. The van der Waals surface area contributed by atoms with Crippen LogP contribution in [0.1, 0.15) is 12.5 Å². The average molecular weight is 306 g/mol. The fourth-order valence-corrected chi connectivity index (χ4v) is 2.86. The van der Waals surface area contributed by atoms with Gasteiger partial charge in [0.05, 0.1) is 0 Å². The third-order valence-electron chi connectivity index (χ3n) is 2.68. The predicted molar refractivity (Wildman–Crippen MR) is 75.3 cm³/mol. The summed E-state index contributed by atoms with van der Waals surface area (Å²) in [4.78, 5) is 2.14. The normalized spacial score (nSPS) is 12.6. The lowest BCUT2D eigenvalue weighted by Crippen LogP contribution is -2.31. The molecule has 0 aliphatic rings. The van der Waals surface area contributed by atoms with Gasteiger partial charge in [-0.2, -0.15) is 11.8 Å². The Morgan fingerprint density at radius 3 is 2.75 bits per heavy atom. The van der Waals surface area contributed by atoms with Crippen molar-refractivity contribution in [2.24, 2.45) is 0 Å². The highest BCUT2D eigenvalue weighted by molar-refractivity contribution is 9.08. The second kappa shape index (κ2) is 6.50. The SMILES string of the molecule is CSCC(C)N(C)c1cccc(F)c1CBr. The number of thioether (sulfide) groups is 1. The van der Waals surface area contributed by atoms with Gasteiger partial charge in [0.1, 0.15) is 5.82 Å². The van der Waals surface area contributed by atoms with Gasteiger partial charge in [0.2, 0.25) is 0 Å². The first-order valence-electron chi connectivity index (χ1n) is 5.17. The number of anilines is 1. The van der Waals surface area contributed by atoms with Crippen LogP contribution in [0.15, 0.2) is 18.2 Å². The van der Waals surface area contributed by atoms with Gasteiger partial charge in [-0.1, -0.05) is 22.0 Å². The van der Waals surface area contributed by atoms with Gasteiger partial charge in [0.15, 0.2) is 0 Å². The van der Waals surface area contributed by atoms with E-state index in [0.717, 1.165) is 17.0 Å². The highest BCUT2D eigenvalue weighted by Gasteiger charge is 2.15. The Kier molecular flexibility index (Phi) is 5.62. The van der Waals surface area contributed by atoms with Crippen molar-refractivity contribution in [3.63, 3.8) is 0 Å². The van der Waals surface area contributed by atoms with Gasteiger partial charge in [0.25, 0.3) is 0 Å². The van der Waals surface area contributed by atoms with Crippen LogP contribution in [-0.2, 0) is 5.33 Å². The second-order valence-electron chi connectivity index (χ2n) is 3.79. The predicted octanol–water partition coefficient (Wildman–Crippen LogP) is 3.91. The van der Waals surface area contributed by atoms with Crippen molar-refractivity contribution in [2.45, 2.75) is 18.3 Å². The molecule has 0 bridgehead atoms. The van der Waals surface area contributed by atoms with E-state index in [1.807, 2.05) is 13.1 Å². The lowest BCUT2D eigenvalue weighted by molar-refractivity contribution is 0.615. The molecule has 0 amide bonds. The van der Waals surface area contributed by atoms with Gasteiger partial charge < -0.3 is 4.90 Å². The molecule has 0 spiro atoms. The third kappa shape index (κ3) is 3.14. The average Bonchev–Trinajstić information content (AvgIpc) is 2.28. The maximum absolute atomic E-state index is 13.6. The minimum Gasteiger partial charge on any atom is -0.371 e. The van der Waals surface area contributed by atoms with Crippen LogP contribution in [0, 0.1) is 5.82 Å². The van der Waals surface area contributed by atoms with Crippen LogP contribution in [0.3, 0.4) is 0 Å². The first-order chi connectivity index (χ1) is 7.61. The van der Waals surface area contributed by atoms with E-state index in [1.165, 1.54) is 6.07 Å². The highest BCUT2D eigenvalue weighted by atomic mass is 79.9. The Balaban J connectivity index is 2.98. The lowest BCUT2D eigenvalue weighted by Gasteiger charge is -2.28. The summed E-state index contributed by atoms with van der Waals surface area (Å²) < 4.78 is 13.6. The molecule has 0 saturated heterocycles. The number of hydrogen-bond donors (Lipinski definition) is 0. The maximum atomic E-state index is 13.6. The fraction of sp³-hybridized carbons (Fsp3) is 0.500. The Morgan fingerprint density at radius 1 is 1.50 bits per heavy atom. The van der Waals surface area contributed by atoms with Crippen molar-refractivity contribution in [2.75, 3.05) is 24.0 Å². The summed E-state index contributed by atoms with van der Waals surface area (Å²) in [5.41, 5.74) is 1.70. The number of hydrogen-bond acceptors (Lipinski definition) is 2. The van der Waals surface area contributed by atoms with Crippen molar-refractivity contribution >= 4 is 33.4 Å². The molecule has 1 atom stereocenters. The molecular formula is C12H17BrFNS. The largest absolute Gasteiger partial charge is 0.371 e. The van der Waals surface area contributed by atoms with Crippen LogP contribution in [0.25, 0.3) is 0 Å². The molecule has 1 aromatic rings. The molecule has 0 fully saturated rings. The van der Waals surface area contributed by atoms with Gasteiger partial charge in [-0.3, -0.25) is 0 Å². The summed E-state index contributed by atoms with van der Waals surface area (Å²) >= 11 is 5.15. The Labute approximate surface area is 110 Å². The molecule has 16 heavy (non-hydrogen) atoms. The first kappa shape index (κ1) is 13.8. The van der Waals surface area contributed by atoms with E-state index in [9.17, 15) is 4.39 Å². The van der Waals surface area contributed by atoms with E-state index in [-0.39, 0.29) is 5.82 Å². The molecule has 0 aromatic heterocycles. The van der Waals surface area contributed by atoms with Crippen molar-refractivity contribution < 1.29 is 4.39 Å². The van der Waals surface area contributed by atoms with E-state index >= 15 is 0 Å². The van der Waals surface area contributed by atoms with E-state index in [0.29, 0.717) is 11.4 Å². The van der Waals surface area contributed by atoms with Crippen molar-refractivity contribution in [3.8, 4) is 0 Å². The highest BCUT2D eigenvalue weighted by Crippen LogP contribution is 2.26. The van der Waals surface area contributed by atoms with Crippen LogP contribution in [0.4, 0.5) is 10.1 Å². The van der Waals surface area contributed by atoms with E-state index in [2.05, 4.69) is 34.0 Å². The van der Waals surface area contributed by atoms with Crippen LogP contribution >= 0.6 is 27.7 Å². The van der Waals surface area contributed by atoms with Gasteiger partial charge in [-0.25, -0.2) is 4.39 Å². The van der Waals surface area contributed by atoms with Crippen molar-refractivity contribution in [3.05, 3.63) is 29.6 Å². The zero-order chi connectivity index (χ0) is 12.1. The zero-order valence-electron chi connectivity index (χ0n) is 9.84. The molecule has 1 unspecified atom stereocenters. The molecule has 0 aliphatic heterocycles. The molecule has 4 heteroatoms. The van der Waals surface area contributed by atoms with Gasteiger partial charge in [-0.05, 0) is 25.3 Å². The van der Waals surface area contributed by atoms with Crippen LogP contribution < -0.4 is 4.90 Å². The molecule has 1 aromatic carbocycles. The van der Waals surface area contributed by atoms with Crippen molar-refractivity contribution in [1.29, 1.82) is 0 Å². The van der Waals surface area contributed by atoms with Crippen LogP contribution in [0.5, 0.6) is 0 Å². The Bertz CT molecular complexity index is 346. The number of benzene rings is 1. The monoisotopic (exact) mass is 305 g/mol. The molecule has 1 nitrogen and oxygen atoms in total. The maximum Gasteiger partial charge on any atom is 0.129 e. The summed E-state index contributed by atoms with van der Waals surface area (Å²) in [6.07, 6.45) is 2.08.